The fourth-order valence-electron chi connectivity index (χ4n) is 3.42. The Labute approximate surface area is 170 Å². The molecule has 1 aliphatic heterocycles. The zero-order valence-electron chi connectivity index (χ0n) is 16.6. The molecule has 2 fully saturated rings. The van der Waals surface area contributed by atoms with Crippen LogP contribution in [0.15, 0.2) is 24.3 Å². The number of rotatable bonds is 7. The number of ether oxygens (including phenoxy) is 1. The number of carbonyl (C=O) groups excluding carboxylic acids is 4. The van der Waals surface area contributed by atoms with Crippen molar-refractivity contribution in [2.75, 3.05) is 32.1 Å². The fourth-order valence-corrected chi connectivity index (χ4v) is 3.42. The molecule has 0 aromatic heterocycles. The molecule has 3 rings (SSSR count). The summed E-state index contributed by atoms with van der Waals surface area (Å²) in [4.78, 5) is 49.5. The number of hydrogen-bond donors (Lipinski definition) is 2. The number of anilines is 1. The summed E-state index contributed by atoms with van der Waals surface area (Å²) in [5.41, 5.74) is 1.42. The van der Waals surface area contributed by atoms with E-state index in [1.807, 2.05) is 4.90 Å². The van der Waals surface area contributed by atoms with E-state index in [1.54, 1.807) is 24.3 Å². The van der Waals surface area contributed by atoms with Gasteiger partial charge >= 0.3 is 5.97 Å². The van der Waals surface area contributed by atoms with Crippen LogP contribution in [-0.4, -0.2) is 55.3 Å². The first-order valence-corrected chi connectivity index (χ1v) is 9.98. The summed E-state index contributed by atoms with van der Waals surface area (Å²) in [6, 6.07) is 7.02. The number of benzene rings is 1. The zero-order chi connectivity index (χ0) is 20.8. The smallest absolute Gasteiger partial charge is 0.325 e. The van der Waals surface area contributed by atoms with Crippen LogP contribution in [0.25, 0.3) is 0 Å². The summed E-state index contributed by atoms with van der Waals surface area (Å²) >= 11 is 0. The quantitative estimate of drug-likeness (QED) is 0.666. The summed E-state index contributed by atoms with van der Waals surface area (Å²) in [5.74, 6) is -0.699. The van der Waals surface area contributed by atoms with E-state index in [2.05, 4.69) is 15.4 Å². The molecule has 1 saturated heterocycles. The average molecular weight is 401 g/mol. The largest absolute Gasteiger partial charge is 0.468 e. The first kappa shape index (κ1) is 20.8. The molecule has 1 aliphatic carbocycles. The minimum Gasteiger partial charge on any atom is -0.468 e. The molecule has 0 bridgehead atoms. The molecular formula is C21H27N3O5. The van der Waals surface area contributed by atoms with Gasteiger partial charge in [0.25, 0.3) is 0 Å². The van der Waals surface area contributed by atoms with Crippen LogP contribution in [-0.2, 0) is 30.3 Å². The maximum atomic E-state index is 12.6. The number of nitrogens with zero attached hydrogens (tertiary/aromatic N) is 1. The standard InChI is InChI=1S/C21H27N3O5/c1-29-19(26)12-22-18(25)11-14-4-8-17(9-5-14)23-20(27)16-3-2-10-24(13-16)21(28)15-6-7-15/h4-5,8-9,15-16H,2-3,6-7,10-13H2,1H3,(H,22,25)(H,23,27). The summed E-state index contributed by atoms with van der Waals surface area (Å²) < 4.78 is 4.47. The maximum absolute atomic E-state index is 12.6. The number of esters is 1. The Balaban J connectivity index is 1.47. The second kappa shape index (κ2) is 9.54. The fraction of sp³-hybridized carbons (Fsp3) is 0.524. The molecule has 0 radical (unpaired) electrons. The lowest BCUT2D eigenvalue weighted by Gasteiger charge is -2.32. The van der Waals surface area contributed by atoms with Gasteiger partial charge in [0.2, 0.25) is 17.7 Å². The average Bonchev–Trinajstić information content (AvgIpc) is 3.58. The van der Waals surface area contributed by atoms with Crippen molar-refractivity contribution in [2.45, 2.75) is 32.1 Å². The Morgan fingerprint density at radius 1 is 1.07 bits per heavy atom. The Kier molecular flexibility index (Phi) is 6.85. The molecule has 2 N–H and O–H groups in total. The predicted molar refractivity (Wildman–Crippen MR) is 106 cm³/mol. The lowest BCUT2D eigenvalue weighted by atomic mass is 9.96. The van der Waals surface area contributed by atoms with Crippen LogP contribution in [0.4, 0.5) is 5.69 Å². The van der Waals surface area contributed by atoms with Crippen LogP contribution < -0.4 is 10.6 Å². The Morgan fingerprint density at radius 2 is 1.79 bits per heavy atom. The molecular weight excluding hydrogens is 374 g/mol. The lowest BCUT2D eigenvalue weighted by Crippen LogP contribution is -2.44. The molecule has 2 aliphatic rings. The Morgan fingerprint density at radius 3 is 2.45 bits per heavy atom. The minimum absolute atomic E-state index is 0.0816. The molecule has 0 spiro atoms. The third kappa shape index (κ3) is 6.04. The molecule has 1 unspecified atom stereocenters. The number of hydrogen-bond acceptors (Lipinski definition) is 5. The first-order valence-electron chi connectivity index (χ1n) is 9.98. The molecule has 8 nitrogen and oxygen atoms in total. The van der Waals surface area contributed by atoms with E-state index in [0.29, 0.717) is 12.2 Å². The highest BCUT2D eigenvalue weighted by molar-refractivity contribution is 5.93. The van der Waals surface area contributed by atoms with Gasteiger partial charge in [-0.3, -0.25) is 19.2 Å². The molecule has 1 aromatic carbocycles. The van der Waals surface area contributed by atoms with Gasteiger partial charge in [0.1, 0.15) is 6.54 Å². The Bertz CT molecular complexity index is 773. The molecule has 8 heteroatoms. The third-order valence-corrected chi connectivity index (χ3v) is 5.27. The zero-order valence-corrected chi connectivity index (χ0v) is 16.6. The van der Waals surface area contributed by atoms with Gasteiger partial charge in [-0.1, -0.05) is 12.1 Å². The third-order valence-electron chi connectivity index (χ3n) is 5.27. The van der Waals surface area contributed by atoms with Crippen molar-refractivity contribution in [1.29, 1.82) is 0 Å². The molecule has 1 atom stereocenters. The van der Waals surface area contributed by atoms with Crippen molar-refractivity contribution >= 4 is 29.4 Å². The van der Waals surface area contributed by atoms with Gasteiger partial charge in [0.05, 0.1) is 19.4 Å². The molecule has 3 amide bonds. The van der Waals surface area contributed by atoms with E-state index in [1.165, 1.54) is 7.11 Å². The summed E-state index contributed by atoms with van der Waals surface area (Å²) in [6.07, 6.45) is 3.69. The number of carbonyl (C=O) groups is 4. The molecule has 1 saturated carbocycles. The van der Waals surface area contributed by atoms with E-state index in [4.69, 9.17) is 0 Å². The summed E-state index contributed by atoms with van der Waals surface area (Å²) in [7, 11) is 1.26. The predicted octanol–water partition coefficient (Wildman–Crippen LogP) is 1.11. The van der Waals surface area contributed by atoms with E-state index in [0.717, 1.165) is 37.8 Å². The van der Waals surface area contributed by atoms with E-state index >= 15 is 0 Å². The number of piperidine rings is 1. The van der Waals surface area contributed by atoms with E-state index < -0.39 is 5.97 Å². The van der Waals surface area contributed by atoms with Gasteiger partial charge in [-0.25, -0.2) is 0 Å². The van der Waals surface area contributed by atoms with E-state index in [9.17, 15) is 19.2 Å². The number of methoxy groups -OCH3 is 1. The van der Waals surface area contributed by atoms with Crippen molar-refractivity contribution in [1.82, 2.24) is 10.2 Å². The van der Waals surface area contributed by atoms with Crippen LogP contribution in [0.2, 0.25) is 0 Å². The number of likely N-dealkylation sites (tertiary alicyclic amines) is 1. The normalized spacial score (nSPS) is 18.7. The van der Waals surface area contributed by atoms with Crippen LogP contribution in [0.1, 0.15) is 31.2 Å². The Hall–Kier alpha value is -2.90. The van der Waals surface area contributed by atoms with Gasteiger partial charge < -0.3 is 20.3 Å². The monoisotopic (exact) mass is 401 g/mol. The van der Waals surface area contributed by atoms with Crippen LogP contribution in [0, 0.1) is 11.8 Å². The van der Waals surface area contributed by atoms with Gasteiger partial charge in [-0.15, -0.1) is 0 Å². The summed E-state index contributed by atoms with van der Waals surface area (Å²) in [5, 5.41) is 5.39. The number of amides is 3. The van der Waals surface area contributed by atoms with Gasteiger partial charge in [-0.2, -0.15) is 0 Å². The maximum Gasteiger partial charge on any atom is 0.325 e. The lowest BCUT2D eigenvalue weighted by molar-refractivity contribution is -0.141. The van der Waals surface area contributed by atoms with Crippen LogP contribution in [0.5, 0.6) is 0 Å². The second-order valence-corrected chi connectivity index (χ2v) is 7.61. The minimum atomic E-state index is -0.503. The van der Waals surface area contributed by atoms with Crippen molar-refractivity contribution in [3.63, 3.8) is 0 Å². The number of nitrogens with one attached hydrogen (secondary N) is 2. The van der Waals surface area contributed by atoms with Crippen LogP contribution >= 0.6 is 0 Å². The molecule has 1 heterocycles. The van der Waals surface area contributed by atoms with Gasteiger partial charge in [-0.05, 0) is 43.4 Å². The van der Waals surface area contributed by atoms with E-state index in [-0.39, 0.29) is 42.5 Å². The van der Waals surface area contributed by atoms with Crippen molar-refractivity contribution < 1.29 is 23.9 Å². The van der Waals surface area contributed by atoms with Gasteiger partial charge in [0.15, 0.2) is 0 Å². The molecule has 156 valence electrons. The van der Waals surface area contributed by atoms with Crippen molar-refractivity contribution in [3.05, 3.63) is 29.8 Å². The highest BCUT2D eigenvalue weighted by atomic mass is 16.5. The van der Waals surface area contributed by atoms with Crippen LogP contribution in [0.3, 0.4) is 0 Å². The molecule has 1 aromatic rings. The summed E-state index contributed by atoms with van der Waals surface area (Å²) in [6.45, 7) is 1.07. The highest BCUT2D eigenvalue weighted by Crippen LogP contribution is 2.32. The molecule has 29 heavy (non-hydrogen) atoms. The van der Waals surface area contributed by atoms with Gasteiger partial charge in [0, 0.05) is 24.7 Å². The second-order valence-electron chi connectivity index (χ2n) is 7.61. The first-order chi connectivity index (χ1) is 14.0. The van der Waals surface area contributed by atoms with Crippen molar-refractivity contribution in [3.8, 4) is 0 Å². The highest BCUT2D eigenvalue weighted by Gasteiger charge is 2.36. The topological polar surface area (TPSA) is 105 Å². The van der Waals surface area contributed by atoms with Crippen molar-refractivity contribution in [2.24, 2.45) is 11.8 Å². The SMILES string of the molecule is COC(=O)CNC(=O)Cc1ccc(NC(=O)C2CCCN(C(=O)C3CC3)C2)cc1.